The summed E-state index contributed by atoms with van der Waals surface area (Å²) >= 11 is 0. The zero-order valence-electron chi connectivity index (χ0n) is 11.4. The first-order valence-corrected chi connectivity index (χ1v) is 6.81. The van der Waals surface area contributed by atoms with E-state index in [2.05, 4.69) is 32.3 Å². The Labute approximate surface area is 102 Å². The Balaban J connectivity index is 3.38. The largest absolute Gasteiger partial charge is 0.271 e. The molecule has 0 saturated heterocycles. The van der Waals surface area contributed by atoms with Crippen LogP contribution in [0.4, 0.5) is 0 Å². The van der Waals surface area contributed by atoms with Crippen molar-refractivity contribution in [3.05, 3.63) is 11.6 Å². The fourth-order valence-corrected chi connectivity index (χ4v) is 1.94. The standard InChI is InChI=1S/C14H30N2/c1-4-5-6-7-8-9-10-11-14(16-15)12-13(2)3/h12,14,16H,4-11,15H2,1-3H3. The lowest BCUT2D eigenvalue weighted by Gasteiger charge is -2.11. The van der Waals surface area contributed by atoms with Gasteiger partial charge in [0.25, 0.3) is 0 Å². The van der Waals surface area contributed by atoms with Crippen LogP contribution >= 0.6 is 0 Å². The zero-order valence-corrected chi connectivity index (χ0v) is 11.4. The van der Waals surface area contributed by atoms with E-state index in [1.165, 1.54) is 50.5 Å². The lowest BCUT2D eigenvalue weighted by Crippen LogP contribution is -2.33. The fraction of sp³-hybridized carbons (Fsp3) is 0.857. The Morgan fingerprint density at radius 2 is 1.62 bits per heavy atom. The molecule has 0 aliphatic heterocycles. The summed E-state index contributed by atoms with van der Waals surface area (Å²) in [5.74, 6) is 5.51. The molecule has 0 bridgehead atoms. The quantitative estimate of drug-likeness (QED) is 0.256. The average molecular weight is 226 g/mol. The van der Waals surface area contributed by atoms with E-state index < -0.39 is 0 Å². The molecule has 0 radical (unpaired) electrons. The first-order chi connectivity index (χ1) is 7.70. The molecule has 0 spiro atoms. The monoisotopic (exact) mass is 226 g/mol. The van der Waals surface area contributed by atoms with Crippen LogP contribution in [0.1, 0.15) is 72.1 Å². The summed E-state index contributed by atoms with van der Waals surface area (Å²) in [5.41, 5.74) is 4.21. The highest BCUT2D eigenvalue weighted by molar-refractivity contribution is 5.00. The van der Waals surface area contributed by atoms with Gasteiger partial charge in [-0.25, -0.2) is 0 Å². The van der Waals surface area contributed by atoms with Gasteiger partial charge in [0.1, 0.15) is 0 Å². The molecule has 0 aromatic rings. The predicted molar refractivity (Wildman–Crippen MR) is 73.2 cm³/mol. The van der Waals surface area contributed by atoms with E-state index in [4.69, 9.17) is 5.84 Å². The molecule has 0 amide bonds. The van der Waals surface area contributed by atoms with E-state index in [9.17, 15) is 0 Å². The van der Waals surface area contributed by atoms with Gasteiger partial charge in [0.05, 0.1) is 0 Å². The van der Waals surface area contributed by atoms with E-state index in [1.807, 2.05) is 0 Å². The number of hydrazine groups is 1. The van der Waals surface area contributed by atoms with Crippen LogP contribution in [0.15, 0.2) is 11.6 Å². The van der Waals surface area contributed by atoms with Gasteiger partial charge < -0.3 is 0 Å². The highest BCUT2D eigenvalue weighted by Gasteiger charge is 2.01. The maximum absolute atomic E-state index is 5.51. The van der Waals surface area contributed by atoms with Crippen LogP contribution in [0, 0.1) is 0 Å². The van der Waals surface area contributed by atoms with E-state index in [1.54, 1.807) is 0 Å². The maximum atomic E-state index is 5.51. The van der Waals surface area contributed by atoms with Gasteiger partial charge >= 0.3 is 0 Å². The van der Waals surface area contributed by atoms with Crippen LogP contribution in [0.25, 0.3) is 0 Å². The van der Waals surface area contributed by atoms with Crippen molar-refractivity contribution in [2.75, 3.05) is 0 Å². The molecule has 0 rings (SSSR count). The van der Waals surface area contributed by atoms with Crippen LogP contribution in [0.2, 0.25) is 0 Å². The van der Waals surface area contributed by atoms with Crippen molar-refractivity contribution in [1.29, 1.82) is 0 Å². The molecule has 2 nitrogen and oxygen atoms in total. The van der Waals surface area contributed by atoms with Crippen LogP contribution in [0.5, 0.6) is 0 Å². The summed E-state index contributed by atoms with van der Waals surface area (Å²) < 4.78 is 0. The summed E-state index contributed by atoms with van der Waals surface area (Å²) in [4.78, 5) is 0. The molecule has 0 heterocycles. The minimum Gasteiger partial charge on any atom is -0.271 e. The van der Waals surface area contributed by atoms with Crippen LogP contribution < -0.4 is 11.3 Å². The van der Waals surface area contributed by atoms with E-state index in [0.717, 1.165) is 6.42 Å². The molecule has 0 aromatic carbocycles. The topological polar surface area (TPSA) is 38.0 Å². The molecule has 0 fully saturated rings. The van der Waals surface area contributed by atoms with Crippen LogP contribution in [-0.4, -0.2) is 6.04 Å². The molecule has 0 aromatic heterocycles. The molecule has 3 N–H and O–H groups in total. The van der Waals surface area contributed by atoms with Crippen molar-refractivity contribution in [1.82, 2.24) is 5.43 Å². The third-order valence-electron chi connectivity index (χ3n) is 2.87. The Hall–Kier alpha value is -0.340. The van der Waals surface area contributed by atoms with Gasteiger partial charge in [0.15, 0.2) is 0 Å². The first kappa shape index (κ1) is 15.7. The summed E-state index contributed by atoms with van der Waals surface area (Å²) in [6.45, 7) is 6.50. The average Bonchev–Trinajstić information content (AvgIpc) is 2.25. The minimum absolute atomic E-state index is 0.362. The predicted octanol–water partition coefficient (Wildman–Crippen LogP) is 3.93. The number of unbranched alkanes of at least 4 members (excludes halogenated alkanes) is 6. The van der Waals surface area contributed by atoms with E-state index in [0.29, 0.717) is 6.04 Å². The van der Waals surface area contributed by atoms with E-state index in [-0.39, 0.29) is 0 Å². The molecule has 1 atom stereocenters. The van der Waals surface area contributed by atoms with Crippen molar-refractivity contribution < 1.29 is 0 Å². The number of hydrogen-bond donors (Lipinski definition) is 2. The van der Waals surface area contributed by atoms with Gasteiger partial charge in [-0.2, -0.15) is 0 Å². The third kappa shape index (κ3) is 10.2. The second-order valence-corrected chi connectivity index (χ2v) is 4.93. The van der Waals surface area contributed by atoms with Crippen molar-refractivity contribution in [2.45, 2.75) is 78.2 Å². The second-order valence-electron chi connectivity index (χ2n) is 4.93. The molecule has 0 saturated carbocycles. The smallest absolute Gasteiger partial charge is 0.0392 e. The maximum Gasteiger partial charge on any atom is 0.0392 e. The molecule has 0 aliphatic carbocycles. The molecule has 0 aliphatic rings. The molecular formula is C14H30N2. The number of rotatable bonds is 10. The third-order valence-corrected chi connectivity index (χ3v) is 2.87. The van der Waals surface area contributed by atoms with Crippen molar-refractivity contribution in [3.8, 4) is 0 Å². The molecule has 96 valence electrons. The summed E-state index contributed by atoms with van der Waals surface area (Å²) in [6.07, 6.45) is 12.9. The number of allylic oxidation sites excluding steroid dienone is 1. The Morgan fingerprint density at radius 3 is 2.12 bits per heavy atom. The van der Waals surface area contributed by atoms with Crippen LogP contribution in [0.3, 0.4) is 0 Å². The molecule has 1 unspecified atom stereocenters. The number of hydrogen-bond acceptors (Lipinski definition) is 2. The van der Waals surface area contributed by atoms with Gasteiger partial charge in [0.2, 0.25) is 0 Å². The number of nitrogens with two attached hydrogens (primary N) is 1. The molecule has 16 heavy (non-hydrogen) atoms. The van der Waals surface area contributed by atoms with Crippen molar-refractivity contribution >= 4 is 0 Å². The van der Waals surface area contributed by atoms with Gasteiger partial charge in [-0.15, -0.1) is 0 Å². The fourth-order valence-electron chi connectivity index (χ4n) is 1.94. The lowest BCUT2D eigenvalue weighted by molar-refractivity contribution is 0.515. The van der Waals surface area contributed by atoms with Gasteiger partial charge in [-0.3, -0.25) is 11.3 Å². The minimum atomic E-state index is 0.362. The highest BCUT2D eigenvalue weighted by atomic mass is 15.2. The molecular weight excluding hydrogens is 196 g/mol. The van der Waals surface area contributed by atoms with Gasteiger partial charge in [-0.1, -0.05) is 63.5 Å². The normalized spacial score (nSPS) is 12.5. The van der Waals surface area contributed by atoms with Crippen molar-refractivity contribution in [3.63, 3.8) is 0 Å². The van der Waals surface area contributed by atoms with Gasteiger partial charge in [-0.05, 0) is 20.3 Å². The summed E-state index contributed by atoms with van der Waals surface area (Å²) in [6, 6.07) is 0.362. The number of nitrogens with one attached hydrogen (secondary N) is 1. The summed E-state index contributed by atoms with van der Waals surface area (Å²) in [5, 5.41) is 0. The molecule has 2 heteroatoms. The van der Waals surface area contributed by atoms with E-state index >= 15 is 0 Å². The highest BCUT2D eigenvalue weighted by Crippen LogP contribution is 2.10. The van der Waals surface area contributed by atoms with Gasteiger partial charge in [0, 0.05) is 6.04 Å². The Kier molecular flexibility index (Phi) is 10.9. The second kappa shape index (κ2) is 11.2. The lowest BCUT2D eigenvalue weighted by atomic mass is 10.0. The Bertz CT molecular complexity index is 172. The zero-order chi connectivity index (χ0) is 12.2. The summed E-state index contributed by atoms with van der Waals surface area (Å²) in [7, 11) is 0. The first-order valence-electron chi connectivity index (χ1n) is 6.81. The van der Waals surface area contributed by atoms with Crippen LogP contribution in [-0.2, 0) is 0 Å². The van der Waals surface area contributed by atoms with Crippen molar-refractivity contribution in [2.24, 2.45) is 5.84 Å². The Morgan fingerprint density at radius 1 is 1.06 bits per heavy atom. The SMILES string of the molecule is CCCCCCCCCC(C=C(C)C)NN.